The molecule has 2 N–H and O–H groups in total. The van der Waals surface area contributed by atoms with Crippen LogP contribution in [0.4, 0.5) is 10.1 Å². The van der Waals surface area contributed by atoms with Gasteiger partial charge in [0.15, 0.2) is 0 Å². The van der Waals surface area contributed by atoms with E-state index in [1.807, 2.05) is 0 Å². The molecule has 80 valence electrons. The second-order valence-corrected chi connectivity index (χ2v) is 3.21. The highest BCUT2D eigenvalue weighted by molar-refractivity contribution is 6.33. The highest BCUT2D eigenvalue weighted by Crippen LogP contribution is 2.24. The van der Waals surface area contributed by atoms with Gasteiger partial charge in [-0.3, -0.25) is 4.79 Å². The molecule has 0 saturated carbocycles. The van der Waals surface area contributed by atoms with Crippen LogP contribution in [0.3, 0.4) is 0 Å². The highest BCUT2D eigenvalue weighted by Gasteiger charge is 2.14. The second-order valence-electron chi connectivity index (χ2n) is 2.80. The van der Waals surface area contributed by atoms with Crippen LogP contribution >= 0.6 is 11.6 Å². The zero-order valence-electron chi connectivity index (χ0n) is 7.67. The maximum Gasteiger partial charge on any atom is 0.337 e. The first-order valence-corrected chi connectivity index (χ1v) is 4.29. The summed E-state index contributed by atoms with van der Waals surface area (Å²) in [6.07, 6.45) is 0. The van der Waals surface area contributed by atoms with E-state index < -0.39 is 17.7 Å². The molecule has 15 heavy (non-hydrogen) atoms. The van der Waals surface area contributed by atoms with Crippen molar-refractivity contribution in [3.63, 3.8) is 0 Å². The van der Waals surface area contributed by atoms with Crippen molar-refractivity contribution in [2.24, 2.45) is 0 Å². The van der Waals surface area contributed by atoms with Crippen molar-refractivity contribution in [3.05, 3.63) is 28.5 Å². The first-order chi connectivity index (χ1) is 6.91. The van der Waals surface area contributed by atoms with E-state index in [0.29, 0.717) is 0 Å². The van der Waals surface area contributed by atoms with Crippen molar-refractivity contribution >= 4 is 29.2 Å². The van der Waals surface area contributed by atoms with Gasteiger partial charge in [0.05, 0.1) is 16.3 Å². The highest BCUT2D eigenvalue weighted by atomic mass is 35.5. The third kappa shape index (κ3) is 2.66. The average molecular weight is 232 g/mol. The van der Waals surface area contributed by atoms with Gasteiger partial charge in [-0.2, -0.15) is 0 Å². The number of rotatable bonds is 2. The fraction of sp³-hybridized carbons (Fsp3) is 0.111. The molecule has 4 nitrogen and oxygen atoms in total. The second kappa shape index (κ2) is 4.27. The summed E-state index contributed by atoms with van der Waals surface area (Å²) in [6.45, 7) is 1.21. The molecule has 1 rings (SSSR count). The van der Waals surface area contributed by atoms with Gasteiger partial charge in [0.25, 0.3) is 0 Å². The van der Waals surface area contributed by atoms with E-state index in [1.54, 1.807) is 0 Å². The predicted molar refractivity (Wildman–Crippen MR) is 52.7 cm³/mol. The fourth-order valence-electron chi connectivity index (χ4n) is 0.996. The van der Waals surface area contributed by atoms with Crippen LogP contribution in [-0.2, 0) is 4.79 Å². The third-order valence-electron chi connectivity index (χ3n) is 1.60. The molecule has 0 aliphatic rings. The number of hydrogen-bond acceptors (Lipinski definition) is 2. The van der Waals surface area contributed by atoms with Gasteiger partial charge in [0, 0.05) is 6.92 Å². The summed E-state index contributed by atoms with van der Waals surface area (Å²) in [4.78, 5) is 21.2. The molecule has 0 bridgehead atoms. The molecule has 6 heteroatoms. The van der Waals surface area contributed by atoms with E-state index in [0.717, 1.165) is 12.1 Å². The van der Waals surface area contributed by atoms with Crippen LogP contribution < -0.4 is 5.32 Å². The molecule has 0 atom stereocenters. The van der Waals surface area contributed by atoms with Crippen LogP contribution in [0.2, 0.25) is 5.02 Å². The van der Waals surface area contributed by atoms with E-state index in [9.17, 15) is 14.0 Å². The quantitative estimate of drug-likeness (QED) is 0.820. The molecule has 0 aromatic heterocycles. The van der Waals surface area contributed by atoms with Gasteiger partial charge in [-0.25, -0.2) is 9.18 Å². The van der Waals surface area contributed by atoms with E-state index in [2.05, 4.69) is 5.32 Å². The summed E-state index contributed by atoms with van der Waals surface area (Å²) in [5, 5.41) is 10.7. The standard InChI is InChI=1S/C9H7ClFNO3/c1-4(13)12-8-3-6(10)5(9(14)15)2-7(8)11/h2-3H,1H3,(H,12,13)(H,14,15). The zero-order chi connectivity index (χ0) is 11.6. The van der Waals surface area contributed by atoms with Crippen molar-refractivity contribution in [2.45, 2.75) is 6.92 Å². The Morgan fingerprint density at radius 1 is 1.47 bits per heavy atom. The monoisotopic (exact) mass is 231 g/mol. The SMILES string of the molecule is CC(=O)Nc1cc(Cl)c(C(=O)O)cc1F. The number of halogens is 2. The van der Waals surface area contributed by atoms with Crippen LogP contribution in [0.25, 0.3) is 0 Å². The van der Waals surface area contributed by atoms with Gasteiger partial charge in [-0.05, 0) is 12.1 Å². The summed E-state index contributed by atoms with van der Waals surface area (Å²) < 4.78 is 13.2. The Kier molecular flexibility index (Phi) is 3.26. The topological polar surface area (TPSA) is 66.4 Å². The van der Waals surface area contributed by atoms with E-state index in [4.69, 9.17) is 16.7 Å². The Bertz CT molecular complexity index is 434. The van der Waals surface area contributed by atoms with Gasteiger partial charge in [-0.15, -0.1) is 0 Å². The molecule has 0 fully saturated rings. The first-order valence-electron chi connectivity index (χ1n) is 3.91. The van der Waals surface area contributed by atoms with Gasteiger partial charge in [-0.1, -0.05) is 11.6 Å². The van der Waals surface area contributed by atoms with Crippen molar-refractivity contribution in [2.75, 3.05) is 5.32 Å². The number of nitrogens with one attached hydrogen (secondary N) is 1. The molecule has 1 aromatic carbocycles. The first kappa shape index (κ1) is 11.5. The Hall–Kier alpha value is -1.62. The number of amides is 1. The van der Waals surface area contributed by atoms with Crippen LogP contribution in [-0.4, -0.2) is 17.0 Å². The van der Waals surface area contributed by atoms with Gasteiger partial charge < -0.3 is 10.4 Å². The van der Waals surface area contributed by atoms with Crippen LogP contribution in [0, 0.1) is 5.82 Å². The normalized spacial score (nSPS) is 9.80. The Balaban J connectivity index is 3.19. The number of anilines is 1. The molecule has 1 aromatic rings. The minimum absolute atomic E-state index is 0.132. The molecule has 0 radical (unpaired) electrons. The van der Waals surface area contributed by atoms with Crippen molar-refractivity contribution < 1.29 is 19.1 Å². The molecular formula is C9H7ClFNO3. The minimum Gasteiger partial charge on any atom is -0.478 e. The smallest absolute Gasteiger partial charge is 0.337 e. The lowest BCUT2D eigenvalue weighted by molar-refractivity contribution is -0.114. The zero-order valence-corrected chi connectivity index (χ0v) is 8.43. The summed E-state index contributed by atoms with van der Waals surface area (Å²) in [5.41, 5.74) is -0.485. The Morgan fingerprint density at radius 3 is 2.53 bits per heavy atom. The molecule has 0 unspecified atom stereocenters. The van der Waals surface area contributed by atoms with Crippen molar-refractivity contribution in [1.82, 2.24) is 0 Å². The Morgan fingerprint density at radius 2 is 2.07 bits per heavy atom. The molecule has 0 heterocycles. The van der Waals surface area contributed by atoms with Crippen LogP contribution in [0.15, 0.2) is 12.1 Å². The maximum absolute atomic E-state index is 13.2. The number of carbonyl (C=O) groups is 2. The lowest BCUT2D eigenvalue weighted by Gasteiger charge is -2.06. The molecule has 0 spiro atoms. The molecular weight excluding hydrogens is 225 g/mol. The van der Waals surface area contributed by atoms with Gasteiger partial charge in [0.1, 0.15) is 5.82 Å². The van der Waals surface area contributed by atoms with E-state index >= 15 is 0 Å². The van der Waals surface area contributed by atoms with Gasteiger partial charge >= 0.3 is 5.97 Å². The number of carboxylic acid groups (broad SMARTS) is 1. The van der Waals surface area contributed by atoms with Gasteiger partial charge in [0.2, 0.25) is 5.91 Å². The number of benzene rings is 1. The van der Waals surface area contributed by atoms with Crippen molar-refractivity contribution in [3.8, 4) is 0 Å². The largest absolute Gasteiger partial charge is 0.478 e. The lowest BCUT2D eigenvalue weighted by Crippen LogP contribution is -2.09. The average Bonchev–Trinajstić information content (AvgIpc) is 2.09. The van der Waals surface area contributed by atoms with Crippen molar-refractivity contribution in [1.29, 1.82) is 0 Å². The summed E-state index contributed by atoms with van der Waals surface area (Å²) in [6, 6.07) is 1.82. The third-order valence-corrected chi connectivity index (χ3v) is 1.91. The fourth-order valence-corrected chi connectivity index (χ4v) is 1.24. The van der Waals surface area contributed by atoms with E-state index in [1.165, 1.54) is 6.92 Å². The minimum atomic E-state index is -1.33. The van der Waals surface area contributed by atoms with Crippen LogP contribution in [0.1, 0.15) is 17.3 Å². The Labute approximate surface area is 89.7 Å². The molecule has 0 aliphatic heterocycles. The number of hydrogen-bond donors (Lipinski definition) is 2. The lowest BCUT2D eigenvalue weighted by atomic mass is 10.2. The predicted octanol–water partition coefficient (Wildman–Crippen LogP) is 2.14. The molecule has 0 saturated heterocycles. The summed E-state index contributed by atoms with van der Waals surface area (Å²) in [5.74, 6) is -2.63. The summed E-state index contributed by atoms with van der Waals surface area (Å²) in [7, 11) is 0. The molecule has 1 amide bonds. The maximum atomic E-state index is 13.2. The molecule has 0 aliphatic carbocycles. The number of carbonyl (C=O) groups excluding carboxylic acids is 1. The number of carboxylic acids is 1. The van der Waals surface area contributed by atoms with E-state index in [-0.39, 0.29) is 16.3 Å². The summed E-state index contributed by atoms with van der Waals surface area (Å²) >= 11 is 5.58. The number of aromatic carboxylic acids is 1. The van der Waals surface area contributed by atoms with Crippen LogP contribution in [0.5, 0.6) is 0 Å².